The first-order valence-corrected chi connectivity index (χ1v) is 4.46. The van der Waals surface area contributed by atoms with Crippen LogP contribution < -0.4 is 5.73 Å². The maximum Gasteiger partial charge on any atom is 0.390 e. The van der Waals surface area contributed by atoms with Crippen molar-refractivity contribution in [2.45, 2.75) is 18.6 Å². The molecule has 88 valence electrons. The zero-order chi connectivity index (χ0) is 12.3. The van der Waals surface area contributed by atoms with Crippen LogP contribution in [0.25, 0.3) is 0 Å². The standard InChI is InChI=1S/C10H10F3NO2/c11-10(12,13)5-8(14)6-3-1-2-4-7(6)9(15)16/h1-4,8H,5,14H2,(H,15,16)/t8-/m0/s1. The first-order chi connectivity index (χ1) is 7.31. The lowest BCUT2D eigenvalue weighted by atomic mass is 9.98. The van der Waals surface area contributed by atoms with Crippen LogP contribution in [0.3, 0.4) is 0 Å². The molecule has 6 heteroatoms. The SMILES string of the molecule is N[C@@H](CC(F)(F)F)c1ccccc1C(=O)O. The van der Waals surface area contributed by atoms with Gasteiger partial charge in [-0.3, -0.25) is 0 Å². The molecule has 3 N–H and O–H groups in total. The highest BCUT2D eigenvalue weighted by Gasteiger charge is 2.32. The second-order valence-electron chi connectivity index (χ2n) is 3.32. The van der Waals surface area contributed by atoms with E-state index in [9.17, 15) is 18.0 Å². The van der Waals surface area contributed by atoms with Gasteiger partial charge >= 0.3 is 12.1 Å². The highest BCUT2D eigenvalue weighted by molar-refractivity contribution is 5.89. The summed E-state index contributed by atoms with van der Waals surface area (Å²) in [6.07, 6.45) is -5.65. The lowest BCUT2D eigenvalue weighted by Gasteiger charge is -2.16. The molecule has 1 aromatic carbocycles. The summed E-state index contributed by atoms with van der Waals surface area (Å²) in [5.74, 6) is -1.28. The molecule has 0 heterocycles. The summed E-state index contributed by atoms with van der Waals surface area (Å²) >= 11 is 0. The minimum Gasteiger partial charge on any atom is -0.478 e. The maximum atomic E-state index is 12.1. The third-order valence-corrected chi connectivity index (χ3v) is 2.04. The Balaban J connectivity index is 2.99. The van der Waals surface area contributed by atoms with Crippen molar-refractivity contribution in [2.75, 3.05) is 0 Å². The van der Waals surface area contributed by atoms with Gasteiger partial charge in [0.05, 0.1) is 12.0 Å². The van der Waals surface area contributed by atoms with Gasteiger partial charge in [0.25, 0.3) is 0 Å². The number of halogens is 3. The predicted octanol–water partition coefficient (Wildman–Crippen LogP) is 2.34. The summed E-state index contributed by atoms with van der Waals surface area (Å²) in [5, 5.41) is 8.78. The van der Waals surface area contributed by atoms with E-state index in [4.69, 9.17) is 10.8 Å². The van der Waals surface area contributed by atoms with Gasteiger partial charge in [0.15, 0.2) is 0 Å². The molecule has 3 nitrogen and oxygen atoms in total. The smallest absolute Gasteiger partial charge is 0.390 e. The summed E-state index contributed by atoms with van der Waals surface area (Å²) in [7, 11) is 0. The lowest BCUT2D eigenvalue weighted by molar-refractivity contribution is -0.138. The Labute approximate surface area is 89.7 Å². The number of carbonyl (C=O) groups is 1. The zero-order valence-corrected chi connectivity index (χ0v) is 8.16. The molecule has 1 aromatic rings. The first kappa shape index (κ1) is 12.5. The first-order valence-electron chi connectivity index (χ1n) is 4.46. The molecule has 0 aliphatic carbocycles. The number of aromatic carboxylic acids is 1. The van der Waals surface area contributed by atoms with Crippen LogP contribution in [0.1, 0.15) is 28.4 Å². The van der Waals surface area contributed by atoms with E-state index in [-0.39, 0.29) is 11.1 Å². The van der Waals surface area contributed by atoms with E-state index in [1.54, 1.807) is 0 Å². The molecule has 0 amide bonds. The van der Waals surface area contributed by atoms with Crippen molar-refractivity contribution in [3.05, 3.63) is 35.4 Å². The van der Waals surface area contributed by atoms with E-state index >= 15 is 0 Å². The van der Waals surface area contributed by atoms with E-state index in [0.717, 1.165) is 0 Å². The Morgan fingerprint density at radius 3 is 2.44 bits per heavy atom. The van der Waals surface area contributed by atoms with Crippen molar-refractivity contribution in [1.82, 2.24) is 0 Å². The molecule has 0 bridgehead atoms. The highest BCUT2D eigenvalue weighted by atomic mass is 19.4. The van der Waals surface area contributed by atoms with Crippen LogP contribution in [0, 0.1) is 0 Å². The van der Waals surface area contributed by atoms with Crippen molar-refractivity contribution in [3.8, 4) is 0 Å². The van der Waals surface area contributed by atoms with Crippen molar-refractivity contribution in [3.63, 3.8) is 0 Å². The fraction of sp³-hybridized carbons (Fsp3) is 0.300. The van der Waals surface area contributed by atoms with Crippen LogP contribution >= 0.6 is 0 Å². The number of hydrogen-bond donors (Lipinski definition) is 2. The molecule has 1 atom stereocenters. The Hall–Kier alpha value is -1.56. The van der Waals surface area contributed by atoms with Crippen molar-refractivity contribution >= 4 is 5.97 Å². The molecule has 0 aliphatic heterocycles. The van der Waals surface area contributed by atoms with Crippen LogP contribution in [-0.4, -0.2) is 17.3 Å². The van der Waals surface area contributed by atoms with Crippen molar-refractivity contribution in [1.29, 1.82) is 0 Å². The van der Waals surface area contributed by atoms with Gasteiger partial charge in [0.1, 0.15) is 0 Å². The van der Waals surface area contributed by atoms with Crippen LogP contribution in [0.15, 0.2) is 24.3 Å². The van der Waals surface area contributed by atoms with Crippen molar-refractivity contribution in [2.24, 2.45) is 5.73 Å². The van der Waals surface area contributed by atoms with Crippen molar-refractivity contribution < 1.29 is 23.1 Å². The van der Waals surface area contributed by atoms with Gasteiger partial charge < -0.3 is 10.8 Å². The molecule has 1 rings (SSSR count). The summed E-state index contributed by atoms with van der Waals surface area (Å²) in [6.45, 7) is 0. The topological polar surface area (TPSA) is 63.3 Å². The fourth-order valence-electron chi connectivity index (χ4n) is 1.37. The molecular weight excluding hydrogens is 223 g/mol. The zero-order valence-electron chi connectivity index (χ0n) is 8.16. The number of carboxylic acids is 1. The number of benzene rings is 1. The fourth-order valence-corrected chi connectivity index (χ4v) is 1.37. The number of nitrogens with two attached hydrogens (primary N) is 1. The number of carboxylic acid groups (broad SMARTS) is 1. The lowest BCUT2D eigenvalue weighted by Crippen LogP contribution is -2.22. The van der Waals surface area contributed by atoms with E-state index < -0.39 is 24.6 Å². The Kier molecular flexibility index (Phi) is 3.54. The molecule has 0 saturated carbocycles. The second-order valence-corrected chi connectivity index (χ2v) is 3.32. The quantitative estimate of drug-likeness (QED) is 0.842. The van der Waals surface area contributed by atoms with Crippen LogP contribution in [0.2, 0.25) is 0 Å². The number of hydrogen-bond acceptors (Lipinski definition) is 2. The van der Waals surface area contributed by atoms with Gasteiger partial charge in [0.2, 0.25) is 0 Å². The number of rotatable bonds is 3. The predicted molar refractivity (Wildman–Crippen MR) is 51.0 cm³/mol. The molecule has 0 unspecified atom stereocenters. The molecular formula is C10H10F3NO2. The average molecular weight is 233 g/mol. The van der Waals surface area contributed by atoms with E-state index in [0.29, 0.717) is 0 Å². The molecule has 0 spiro atoms. The molecule has 0 aromatic heterocycles. The largest absolute Gasteiger partial charge is 0.478 e. The van der Waals surface area contributed by atoms with Gasteiger partial charge in [-0.05, 0) is 11.6 Å². The molecule has 0 saturated heterocycles. The highest BCUT2D eigenvalue weighted by Crippen LogP contribution is 2.29. The summed E-state index contributed by atoms with van der Waals surface area (Å²) < 4.78 is 36.3. The normalized spacial score (nSPS) is 13.5. The molecule has 0 fully saturated rings. The summed E-state index contributed by atoms with van der Waals surface area (Å²) in [6, 6.07) is 4.06. The van der Waals surface area contributed by atoms with Crippen LogP contribution in [0.4, 0.5) is 13.2 Å². The molecule has 0 radical (unpaired) electrons. The Morgan fingerprint density at radius 2 is 1.94 bits per heavy atom. The van der Waals surface area contributed by atoms with E-state index in [1.165, 1.54) is 24.3 Å². The summed E-state index contributed by atoms with van der Waals surface area (Å²) in [5.41, 5.74) is 5.13. The minimum atomic E-state index is -4.41. The maximum absolute atomic E-state index is 12.1. The Morgan fingerprint density at radius 1 is 1.38 bits per heavy atom. The van der Waals surface area contributed by atoms with Gasteiger partial charge in [0, 0.05) is 6.04 Å². The van der Waals surface area contributed by atoms with Gasteiger partial charge in [-0.25, -0.2) is 4.79 Å². The minimum absolute atomic E-state index is 0.00711. The van der Waals surface area contributed by atoms with Gasteiger partial charge in [-0.2, -0.15) is 13.2 Å². The average Bonchev–Trinajstić information content (AvgIpc) is 2.15. The monoisotopic (exact) mass is 233 g/mol. The second kappa shape index (κ2) is 4.52. The van der Waals surface area contributed by atoms with Gasteiger partial charge in [-0.15, -0.1) is 0 Å². The summed E-state index contributed by atoms with van der Waals surface area (Å²) in [4.78, 5) is 10.8. The number of alkyl halides is 3. The van der Waals surface area contributed by atoms with E-state index in [1.807, 2.05) is 0 Å². The van der Waals surface area contributed by atoms with Crippen LogP contribution in [0.5, 0.6) is 0 Å². The van der Waals surface area contributed by atoms with Crippen LogP contribution in [-0.2, 0) is 0 Å². The van der Waals surface area contributed by atoms with Gasteiger partial charge in [-0.1, -0.05) is 18.2 Å². The third kappa shape index (κ3) is 3.23. The molecule has 0 aliphatic rings. The van der Waals surface area contributed by atoms with E-state index in [2.05, 4.69) is 0 Å². The third-order valence-electron chi connectivity index (χ3n) is 2.04. The Bertz CT molecular complexity index is 390. The molecule has 16 heavy (non-hydrogen) atoms.